The van der Waals surface area contributed by atoms with E-state index in [4.69, 9.17) is 5.11 Å². The molecule has 0 radical (unpaired) electrons. The quantitative estimate of drug-likeness (QED) is 0.676. The predicted octanol–water partition coefficient (Wildman–Crippen LogP) is 1.28. The highest BCUT2D eigenvalue weighted by molar-refractivity contribution is 7.78. The van der Waals surface area contributed by atoms with Crippen molar-refractivity contribution >= 4 is 24.7 Å². The van der Waals surface area contributed by atoms with Gasteiger partial charge in [-0.25, -0.2) is 0 Å². The minimum Gasteiger partial charge on any atom is -0.481 e. The van der Waals surface area contributed by atoms with Crippen LogP contribution < -0.4 is 4.72 Å². The summed E-state index contributed by atoms with van der Waals surface area (Å²) in [6.07, 6.45) is 0.566. The Morgan fingerprint density at radius 1 is 1.27 bits per heavy atom. The lowest BCUT2D eigenvalue weighted by molar-refractivity contribution is -0.136. The summed E-state index contributed by atoms with van der Waals surface area (Å²) in [5, 5.41) is 8.48. The Balaban J connectivity index is 2.64. The summed E-state index contributed by atoms with van der Waals surface area (Å²) in [7, 11) is 0. The van der Waals surface area contributed by atoms with Crippen molar-refractivity contribution in [2.75, 3.05) is 0 Å². The van der Waals surface area contributed by atoms with Crippen LogP contribution in [0.15, 0.2) is 24.3 Å². The molecule has 4 nitrogen and oxygen atoms in total. The van der Waals surface area contributed by atoms with Crippen LogP contribution in [0.4, 0.5) is 0 Å². The maximum Gasteiger partial charge on any atom is 0.303 e. The highest BCUT2D eigenvalue weighted by Crippen LogP contribution is 2.07. The molecule has 0 spiro atoms. The van der Waals surface area contributed by atoms with E-state index in [9.17, 15) is 9.59 Å². The van der Waals surface area contributed by atoms with E-state index < -0.39 is 5.97 Å². The average Bonchev–Trinajstić information content (AvgIpc) is 2.26. The Hall–Kier alpha value is -1.49. The van der Waals surface area contributed by atoms with E-state index >= 15 is 0 Å². The van der Waals surface area contributed by atoms with Gasteiger partial charge in [0, 0.05) is 12.0 Å². The second-order valence-electron chi connectivity index (χ2n) is 3.03. The zero-order valence-electron chi connectivity index (χ0n) is 7.93. The first kappa shape index (κ1) is 11.6. The predicted molar refractivity (Wildman–Crippen MR) is 58.9 cm³/mol. The topological polar surface area (TPSA) is 66.4 Å². The first-order valence-electron chi connectivity index (χ1n) is 4.38. The van der Waals surface area contributed by atoms with Crippen LogP contribution in [0.2, 0.25) is 0 Å². The molecular formula is C10H11NO3S. The molecule has 0 aliphatic carbocycles. The van der Waals surface area contributed by atoms with Gasteiger partial charge in [0.1, 0.15) is 0 Å². The molecule has 0 saturated carbocycles. The van der Waals surface area contributed by atoms with E-state index in [1.54, 1.807) is 24.3 Å². The monoisotopic (exact) mass is 225 g/mol. The zero-order valence-corrected chi connectivity index (χ0v) is 8.83. The molecule has 1 aromatic rings. The first-order valence-corrected chi connectivity index (χ1v) is 4.83. The second kappa shape index (κ2) is 5.41. The van der Waals surface area contributed by atoms with Crippen LogP contribution in [0, 0.1) is 0 Å². The molecular weight excluding hydrogens is 214 g/mol. The number of carboxylic acid groups (broad SMARTS) is 1. The van der Waals surface area contributed by atoms with Gasteiger partial charge < -0.3 is 5.11 Å². The number of aryl methyl sites for hydroxylation is 1. The fourth-order valence-corrected chi connectivity index (χ4v) is 1.27. The standard InChI is InChI=1S/C10H11NO3S/c12-9(13)6-3-7-1-4-8(5-2-7)10(14)11-15/h1-2,4-5,15H,3,6H2,(H,11,14)(H,12,13). The van der Waals surface area contributed by atoms with Gasteiger partial charge in [-0.3, -0.25) is 14.3 Å². The van der Waals surface area contributed by atoms with Crippen molar-refractivity contribution in [1.29, 1.82) is 0 Å². The number of amides is 1. The van der Waals surface area contributed by atoms with Crippen molar-refractivity contribution in [3.05, 3.63) is 35.4 Å². The summed E-state index contributed by atoms with van der Waals surface area (Å²) < 4.78 is 2.21. The molecule has 15 heavy (non-hydrogen) atoms. The number of benzene rings is 1. The van der Waals surface area contributed by atoms with Gasteiger partial charge in [0.15, 0.2) is 0 Å². The molecule has 1 aromatic carbocycles. The fourth-order valence-electron chi connectivity index (χ4n) is 1.14. The molecule has 0 unspecified atom stereocenters. The third-order valence-corrected chi connectivity index (χ3v) is 2.15. The van der Waals surface area contributed by atoms with Crippen molar-refractivity contribution in [2.45, 2.75) is 12.8 Å². The van der Waals surface area contributed by atoms with E-state index in [1.807, 2.05) is 0 Å². The number of carboxylic acids is 1. The maximum atomic E-state index is 11.1. The molecule has 0 atom stereocenters. The maximum absolute atomic E-state index is 11.1. The van der Waals surface area contributed by atoms with Crippen molar-refractivity contribution in [1.82, 2.24) is 4.72 Å². The molecule has 0 fully saturated rings. The van der Waals surface area contributed by atoms with Gasteiger partial charge in [0.2, 0.25) is 0 Å². The van der Waals surface area contributed by atoms with Gasteiger partial charge in [-0.05, 0) is 24.1 Å². The second-order valence-corrected chi connectivity index (χ2v) is 3.26. The molecule has 0 bridgehead atoms. The summed E-state index contributed by atoms with van der Waals surface area (Å²) in [4.78, 5) is 21.4. The molecule has 0 saturated heterocycles. The Kier molecular flexibility index (Phi) is 4.17. The van der Waals surface area contributed by atoms with Crippen molar-refractivity contribution in [3.8, 4) is 0 Å². The number of carbonyl (C=O) groups excluding carboxylic acids is 1. The van der Waals surface area contributed by atoms with E-state index in [0.29, 0.717) is 12.0 Å². The lowest BCUT2D eigenvalue weighted by Crippen LogP contribution is -2.12. The van der Waals surface area contributed by atoms with E-state index in [-0.39, 0.29) is 12.3 Å². The van der Waals surface area contributed by atoms with Crippen LogP contribution in [0.5, 0.6) is 0 Å². The molecule has 0 aromatic heterocycles. The van der Waals surface area contributed by atoms with Crippen LogP contribution in [-0.4, -0.2) is 17.0 Å². The Morgan fingerprint density at radius 2 is 1.87 bits per heavy atom. The molecule has 5 heteroatoms. The summed E-state index contributed by atoms with van der Waals surface area (Å²) in [6, 6.07) is 6.76. The molecule has 80 valence electrons. The smallest absolute Gasteiger partial charge is 0.303 e. The van der Waals surface area contributed by atoms with Gasteiger partial charge in [0.25, 0.3) is 5.91 Å². The highest BCUT2D eigenvalue weighted by atomic mass is 32.1. The van der Waals surface area contributed by atoms with E-state index in [0.717, 1.165) is 5.56 Å². The number of thiol groups is 1. The number of carbonyl (C=O) groups is 2. The third kappa shape index (κ3) is 3.63. The highest BCUT2D eigenvalue weighted by Gasteiger charge is 2.03. The van der Waals surface area contributed by atoms with Crippen LogP contribution in [0.3, 0.4) is 0 Å². The van der Waals surface area contributed by atoms with Gasteiger partial charge >= 0.3 is 5.97 Å². The minimum absolute atomic E-state index is 0.0953. The van der Waals surface area contributed by atoms with E-state index in [2.05, 4.69) is 17.5 Å². The number of nitrogens with one attached hydrogen (secondary N) is 1. The van der Waals surface area contributed by atoms with Gasteiger partial charge in [-0.2, -0.15) is 0 Å². The Labute approximate surface area is 92.8 Å². The Morgan fingerprint density at radius 3 is 2.33 bits per heavy atom. The zero-order chi connectivity index (χ0) is 11.3. The summed E-state index contributed by atoms with van der Waals surface area (Å²) in [5.74, 6) is -1.10. The SMILES string of the molecule is O=C(O)CCc1ccc(C(=O)NS)cc1. The number of rotatable bonds is 4. The van der Waals surface area contributed by atoms with E-state index in [1.165, 1.54) is 0 Å². The minimum atomic E-state index is -0.827. The lowest BCUT2D eigenvalue weighted by Gasteiger charge is -2.01. The van der Waals surface area contributed by atoms with Crippen LogP contribution in [0.1, 0.15) is 22.3 Å². The van der Waals surface area contributed by atoms with Gasteiger partial charge in [0.05, 0.1) is 0 Å². The molecule has 0 aliphatic rings. The van der Waals surface area contributed by atoms with Gasteiger partial charge in [-0.15, -0.1) is 0 Å². The normalized spacial score (nSPS) is 9.67. The average molecular weight is 225 g/mol. The summed E-state index contributed by atoms with van der Waals surface area (Å²) >= 11 is 3.64. The van der Waals surface area contributed by atoms with Crippen molar-refractivity contribution in [2.24, 2.45) is 0 Å². The molecule has 2 N–H and O–H groups in total. The Bertz CT molecular complexity index is 361. The molecule has 0 heterocycles. The molecule has 0 aliphatic heterocycles. The van der Waals surface area contributed by atoms with Crippen molar-refractivity contribution < 1.29 is 14.7 Å². The fraction of sp³-hybridized carbons (Fsp3) is 0.200. The van der Waals surface area contributed by atoms with Crippen molar-refractivity contribution in [3.63, 3.8) is 0 Å². The number of hydrogen-bond acceptors (Lipinski definition) is 3. The van der Waals surface area contributed by atoms with Crippen LogP contribution in [0.25, 0.3) is 0 Å². The molecule has 1 amide bonds. The summed E-state index contributed by atoms with van der Waals surface area (Å²) in [6.45, 7) is 0. The van der Waals surface area contributed by atoms with Crippen LogP contribution >= 0.6 is 12.8 Å². The number of hydrogen-bond donors (Lipinski definition) is 3. The number of aliphatic carboxylic acids is 1. The largest absolute Gasteiger partial charge is 0.481 e. The summed E-state index contributed by atoms with van der Waals surface area (Å²) in [5.41, 5.74) is 1.40. The lowest BCUT2D eigenvalue weighted by atomic mass is 10.1. The first-order chi connectivity index (χ1) is 7.13. The third-order valence-electron chi connectivity index (χ3n) is 1.95. The van der Waals surface area contributed by atoms with Gasteiger partial charge in [-0.1, -0.05) is 24.9 Å². The van der Waals surface area contributed by atoms with Crippen LogP contribution in [-0.2, 0) is 11.2 Å². The molecule has 1 rings (SSSR count).